The zero-order valence-electron chi connectivity index (χ0n) is 45.0. The summed E-state index contributed by atoms with van der Waals surface area (Å²) in [4.78, 5) is 128. The average Bonchev–Trinajstić information content (AvgIpc) is 3.32. The van der Waals surface area contributed by atoms with Crippen LogP contribution in [-0.4, -0.2) is 153 Å². The van der Waals surface area contributed by atoms with Gasteiger partial charge in [0.15, 0.2) is 18.3 Å². The molecule has 1 aliphatic rings. The predicted molar refractivity (Wildman–Crippen MR) is 276 cm³/mol. The topological polar surface area (TPSA) is 256 Å². The third-order valence-corrected chi connectivity index (χ3v) is 13.2. The average molecular weight is 1060 g/mol. The van der Waals surface area contributed by atoms with Crippen LogP contribution in [0, 0.1) is 43.9 Å². The summed E-state index contributed by atoms with van der Waals surface area (Å²) < 4.78 is 23.9. The van der Waals surface area contributed by atoms with Crippen LogP contribution in [0.15, 0.2) is 48.5 Å². The Kier molecular flexibility index (Phi) is 23.0. The van der Waals surface area contributed by atoms with Gasteiger partial charge in [-0.1, -0.05) is 91.9 Å². The summed E-state index contributed by atoms with van der Waals surface area (Å²) in [5, 5.41) is 23.0. The maximum atomic E-state index is 14.8. The Hall–Kier alpha value is -6.58. The minimum absolute atomic E-state index is 0.0169. The Morgan fingerprint density at radius 2 is 0.730 bits per heavy atom. The number of hydrogen-bond donors (Lipinski definition) is 0. The van der Waals surface area contributed by atoms with Crippen molar-refractivity contribution in [1.29, 1.82) is 0 Å². The molecule has 8 unspecified atom stereocenters. The number of nitro benzene ring substituents is 2. The van der Waals surface area contributed by atoms with Crippen molar-refractivity contribution in [3.8, 4) is 0 Å². The third kappa shape index (κ3) is 17.3. The van der Waals surface area contributed by atoms with E-state index in [1.54, 1.807) is 27.7 Å². The summed E-state index contributed by atoms with van der Waals surface area (Å²) in [5.41, 5.74) is 0.302. The Bertz CT molecular complexity index is 2170. The second kappa shape index (κ2) is 27.6. The molecule has 2 aromatic rings. The molecule has 0 saturated carbocycles. The molecule has 1 aliphatic heterocycles. The number of thiocarbonyl (C=S) groups is 1. The molecule has 0 aromatic heterocycles. The van der Waals surface area contributed by atoms with Crippen molar-refractivity contribution < 1.29 is 62.4 Å². The number of amides is 3. The van der Waals surface area contributed by atoms with Gasteiger partial charge in [-0.05, 0) is 74.3 Å². The molecular weight excluding hydrogens is 981 g/mol. The van der Waals surface area contributed by atoms with Crippen molar-refractivity contribution in [1.82, 2.24) is 19.6 Å². The number of nitro groups is 2. The maximum absolute atomic E-state index is 14.8. The van der Waals surface area contributed by atoms with E-state index in [4.69, 9.17) is 31.2 Å². The molecule has 0 N–H and O–H groups in total. The van der Waals surface area contributed by atoms with Gasteiger partial charge in [0.1, 0.15) is 35.3 Å². The highest BCUT2D eigenvalue weighted by atomic mass is 32.1. The molecule has 3 rings (SSSR count). The number of likely N-dealkylation sites (N-methyl/N-ethyl adjacent to an activating group) is 4. The fourth-order valence-corrected chi connectivity index (χ4v) is 8.59. The van der Waals surface area contributed by atoms with E-state index in [9.17, 15) is 53.8 Å². The van der Waals surface area contributed by atoms with E-state index in [1.165, 1.54) is 95.5 Å². The van der Waals surface area contributed by atoms with Crippen LogP contribution in [0.3, 0.4) is 0 Å². The predicted octanol–water partition coefficient (Wildman–Crippen LogP) is 6.28. The number of carbonyl (C=O) groups is 7. The normalized spacial score (nSPS) is 24.0. The van der Waals surface area contributed by atoms with Crippen molar-refractivity contribution in [3.05, 3.63) is 79.9 Å². The largest absolute Gasteiger partial charge is 0.454 e. The summed E-state index contributed by atoms with van der Waals surface area (Å²) in [5.74, 6) is -7.10. The Balaban J connectivity index is 2.29. The number of ether oxygens (including phenoxy) is 4. The van der Waals surface area contributed by atoms with Gasteiger partial charge >= 0.3 is 23.9 Å². The molecular formula is C52H74N6O15S. The van der Waals surface area contributed by atoms with Gasteiger partial charge in [0.05, 0.1) is 9.85 Å². The van der Waals surface area contributed by atoms with E-state index < -0.39 is 100 Å². The molecule has 1 heterocycles. The molecule has 0 bridgehead atoms. The third-order valence-electron chi connectivity index (χ3n) is 12.6. The first kappa shape index (κ1) is 61.7. The molecule has 3 amide bonds. The summed E-state index contributed by atoms with van der Waals surface area (Å²) in [6.07, 6.45) is -6.33. The molecule has 1 fully saturated rings. The molecule has 21 nitrogen and oxygen atoms in total. The first-order valence-corrected chi connectivity index (χ1v) is 25.2. The van der Waals surface area contributed by atoms with Crippen LogP contribution < -0.4 is 0 Å². The molecule has 74 heavy (non-hydrogen) atoms. The first-order chi connectivity index (χ1) is 34.4. The van der Waals surface area contributed by atoms with Crippen LogP contribution >= 0.6 is 12.2 Å². The second-order valence-corrected chi connectivity index (χ2v) is 21.1. The molecule has 0 aliphatic carbocycles. The van der Waals surface area contributed by atoms with E-state index in [0.717, 1.165) is 14.7 Å². The van der Waals surface area contributed by atoms with E-state index in [1.807, 2.05) is 27.7 Å². The highest BCUT2D eigenvalue weighted by molar-refractivity contribution is 7.80. The van der Waals surface area contributed by atoms with Crippen LogP contribution in [0.1, 0.15) is 106 Å². The van der Waals surface area contributed by atoms with Gasteiger partial charge < -0.3 is 38.5 Å². The maximum Gasteiger partial charge on any atom is 0.329 e. The Labute approximate surface area is 438 Å². The van der Waals surface area contributed by atoms with Crippen LogP contribution in [0.25, 0.3) is 0 Å². The van der Waals surface area contributed by atoms with Gasteiger partial charge in [0, 0.05) is 65.3 Å². The zero-order chi connectivity index (χ0) is 56.0. The van der Waals surface area contributed by atoms with Crippen molar-refractivity contribution >= 4 is 70.2 Å². The molecule has 8 atom stereocenters. The van der Waals surface area contributed by atoms with E-state index in [-0.39, 0.29) is 78.6 Å². The lowest BCUT2D eigenvalue weighted by Gasteiger charge is -2.36. The van der Waals surface area contributed by atoms with Crippen LogP contribution in [0.2, 0.25) is 0 Å². The number of benzene rings is 2. The molecule has 2 aromatic carbocycles. The fraction of sp³-hybridized carbons (Fsp3) is 0.615. The lowest BCUT2D eigenvalue weighted by Crippen LogP contribution is -2.54. The SMILES string of the molecule is CC(C)CC1C(=O)OC(Cc2ccc([N+](=O)[O-])cc2)C(=O)N(C)C(CC(C)C)C(=O)OC(C)C(=S)N(C)C(CC(C)C)C(=O)OC(Cc2ccc([N+](=O)[O-])cc2)C(=O)N(C)C(CC(C)C)C(=O)OC(C)C(=O)N1C. The molecule has 0 radical (unpaired) electrons. The number of cyclic esters (lactones) is 4. The zero-order valence-corrected chi connectivity index (χ0v) is 45.8. The quantitative estimate of drug-likeness (QED) is 0.0663. The van der Waals surface area contributed by atoms with Gasteiger partial charge in [-0.25, -0.2) is 19.2 Å². The molecule has 22 heteroatoms. The van der Waals surface area contributed by atoms with E-state index in [2.05, 4.69) is 0 Å². The van der Waals surface area contributed by atoms with E-state index >= 15 is 0 Å². The van der Waals surface area contributed by atoms with Crippen molar-refractivity contribution in [3.63, 3.8) is 0 Å². The van der Waals surface area contributed by atoms with Gasteiger partial charge in [0.2, 0.25) is 0 Å². The van der Waals surface area contributed by atoms with Gasteiger partial charge in [0.25, 0.3) is 29.1 Å². The summed E-state index contributed by atoms with van der Waals surface area (Å²) >= 11 is 5.86. The number of hydrogen-bond acceptors (Lipinski definition) is 16. The van der Waals surface area contributed by atoms with Gasteiger partial charge in [-0.3, -0.25) is 34.6 Å². The number of rotatable bonds is 14. The smallest absolute Gasteiger partial charge is 0.329 e. The number of nitrogens with zero attached hydrogens (tertiary/aromatic N) is 6. The standard InChI is InChI=1S/C52H74N6O15S/c1-29(2)23-39-49(62)70-33(9)45(59)53(11)41(25-31(5)6)51(64)72-43(27-35-15-19-37(20-16-35)57(66)67)46(60)55(13)40(24-30(3)4)50(63)71-34(10)48(74)56(14)42(26-32(7)8)52(65)73-44(47(61)54(39)12)28-36-17-21-38(22-18-36)58(68)69/h15-22,29-34,39-44H,23-28H2,1-14H3. The molecule has 1 saturated heterocycles. The van der Waals surface area contributed by atoms with Crippen molar-refractivity contribution in [2.24, 2.45) is 23.7 Å². The monoisotopic (exact) mass is 1050 g/mol. The summed E-state index contributed by atoms with van der Waals surface area (Å²) in [6, 6.07) is 5.41. The minimum Gasteiger partial charge on any atom is -0.454 e. The van der Waals surface area contributed by atoms with Crippen LogP contribution in [0.5, 0.6) is 0 Å². The summed E-state index contributed by atoms with van der Waals surface area (Å²) in [6.45, 7) is 17.3. The fourth-order valence-electron chi connectivity index (χ4n) is 8.42. The molecule has 0 spiro atoms. The van der Waals surface area contributed by atoms with Gasteiger partial charge in [-0.2, -0.15) is 0 Å². The van der Waals surface area contributed by atoms with Crippen molar-refractivity contribution in [2.75, 3.05) is 28.2 Å². The lowest BCUT2D eigenvalue weighted by molar-refractivity contribution is -0.385. The van der Waals surface area contributed by atoms with Crippen molar-refractivity contribution in [2.45, 2.75) is 156 Å². The van der Waals surface area contributed by atoms with Crippen LogP contribution in [0.4, 0.5) is 11.4 Å². The second-order valence-electron chi connectivity index (χ2n) is 20.6. The molecule has 408 valence electrons. The lowest BCUT2D eigenvalue weighted by atomic mass is 10.00. The number of carbonyl (C=O) groups excluding carboxylic acids is 7. The Morgan fingerprint density at radius 3 is 1.03 bits per heavy atom. The highest BCUT2D eigenvalue weighted by Gasteiger charge is 2.42. The first-order valence-electron chi connectivity index (χ1n) is 24.8. The van der Waals surface area contributed by atoms with E-state index in [0.29, 0.717) is 11.1 Å². The summed E-state index contributed by atoms with van der Waals surface area (Å²) in [7, 11) is 5.49. The highest BCUT2D eigenvalue weighted by Crippen LogP contribution is 2.25. The Morgan fingerprint density at radius 1 is 0.459 bits per heavy atom. The minimum atomic E-state index is -1.64. The number of esters is 4. The van der Waals surface area contributed by atoms with Gasteiger partial charge in [-0.15, -0.1) is 0 Å². The number of non-ortho nitro benzene ring substituents is 2. The van der Waals surface area contributed by atoms with Crippen LogP contribution in [-0.2, 0) is 65.4 Å².